The summed E-state index contributed by atoms with van der Waals surface area (Å²) in [4.78, 5) is 25.4. The number of hydrogen-bond donors (Lipinski definition) is 2. The van der Waals surface area contributed by atoms with Crippen molar-refractivity contribution in [2.75, 3.05) is 13.1 Å². The van der Waals surface area contributed by atoms with Gasteiger partial charge in [-0.05, 0) is 48.7 Å². The maximum atomic E-state index is 13.2. The van der Waals surface area contributed by atoms with Crippen LogP contribution in [0.5, 0.6) is 0 Å². The van der Waals surface area contributed by atoms with Gasteiger partial charge in [0.25, 0.3) is 5.91 Å². The zero-order valence-corrected chi connectivity index (χ0v) is 18.4. The Balaban J connectivity index is 1.95. The molecule has 1 saturated heterocycles. The second-order valence-electron chi connectivity index (χ2n) is 8.01. The van der Waals surface area contributed by atoms with E-state index in [1.807, 2.05) is 0 Å². The van der Waals surface area contributed by atoms with Crippen molar-refractivity contribution in [1.82, 2.24) is 10.2 Å². The lowest BCUT2D eigenvalue weighted by atomic mass is 9.85. The average Bonchev–Trinajstić information content (AvgIpc) is 2.74. The second-order valence-corrected chi connectivity index (χ2v) is 8.41. The maximum Gasteiger partial charge on any atom is 0.416 e. The van der Waals surface area contributed by atoms with Crippen molar-refractivity contribution >= 4 is 23.6 Å². The lowest BCUT2D eigenvalue weighted by Gasteiger charge is -2.38. The van der Waals surface area contributed by atoms with Gasteiger partial charge in [0.1, 0.15) is 0 Å². The topological polar surface area (TPSA) is 69.6 Å². The third-order valence-corrected chi connectivity index (χ3v) is 6.08. The summed E-state index contributed by atoms with van der Waals surface area (Å²) in [6.07, 6.45) is -11.3. The van der Waals surface area contributed by atoms with Crippen LogP contribution in [0.25, 0.3) is 0 Å². The Kier molecular flexibility index (Phi) is 7.07. The van der Waals surface area contributed by atoms with E-state index in [1.54, 1.807) is 25.1 Å². The predicted molar refractivity (Wildman–Crippen MR) is 111 cm³/mol. The second kappa shape index (κ2) is 9.36. The SMILES string of the molecule is Cc1ccc([C@@H]2CN(C(=O)O)CC[C@H]2NC(=O)c2cc(C(F)(F)F)cc(C(F)(F)F)c2)cc1Cl. The fraction of sp³-hybridized carbons (Fsp3) is 0.364. The molecule has 0 aromatic heterocycles. The standard InChI is InChI=1S/C22H19ClF6N2O3/c1-11-2-3-12(8-17(11)23)16-10-31(20(33)34)5-4-18(16)30-19(32)13-6-14(21(24,25)26)9-15(7-13)22(27,28)29/h2-3,6-9,16,18H,4-5,10H2,1H3,(H,30,32)(H,33,34)/t16-,18+/m0/s1. The molecule has 184 valence electrons. The molecule has 0 bridgehead atoms. The van der Waals surface area contributed by atoms with Gasteiger partial charge < -0.3 is 15.3 Å². The summed E-state index contributed by atoms with van der Waals surface area (Å²) in [5, 5.41) is 12.3. The van der Waals surface area contributed by atoms with Gasteiger partial charge in [0.05, 0.1) is 11.1 Å². The highest BCUT2D eigenvalue weighted by atomic mass is 35.5. The molecule has 1 aliphatic rings. The minimum Gasteiger partial charge on any atom is -0.465 e. The number of nitrogens with one attached hydrogen (secondary N) is 1. The van der Waals surface area contributed by atoms with Crippen LogP contribution in [0.4, 0.5) is 31.1 Å². The summed E-state index contributed by atoms with van der Waals surface area (Å²) in [6, 6.07) is 4.87. The smallest absolute Gasteiger partial charge is 0.416 e. The molecular weight excluding hydrogens is 490 g/mol. The summed E-state index contributed by atoms with van der Waals surface area (Å²) >= 11 is 6.17. The van der Waals surface area contributed by atoms with Gasteiger partial charge >= 0.3 is 18.4 Å². The Morgan fingerprint density at radius 3 is 2.12 bits per heavy atom. The van der Waals surface area contributed by atoms with Crippen molar-refractivity contribution in [3.05, 3.63) is 69.2 Å². The van der Waals surface area contributed by atoms with E-state index in [2.05, 4.69) is 5.32 Å². The number of rotatable bonds is 3. The minimum absolute atomic E-state index is 0.0206. The molecule has 2 N–H and O–H groups in total. The highest BCUT2D eigenvalue weighted by molar-refractivity contribution is 6.31. The monoisotopic (exact) mass is 508 g/mol. The summed E-state index contributed by atoms with van der Waals surface area (Å²) < 4.78 is 78.9. The number of amides is 2. The minimum atomic E-state index is -5.09. The maximum absolute atomic E-state index is 13.2. The van der Waals surface area contributed by atoms with E-state index in [9.17, 15) is 41.0 Å². The molecule has 0 aliphatic carbocycles. The summed E-state index contributed by atoms with van der Waals surface area (Å²) in [7, 11) is 0. The Bertz CT molecular complexity index is 1070. The zero-order valence-electron chi connectivity index (χ0n) is 17.6. The molecule has 0 unspecified atom stereocenters. The number of carbonyl (C=O) groups excluding carboxylic acids is 1. The number of benzene rings is 2. The number of carboxylic acid groups (broad SMARTS) is 1. The Labute approximate surface area is 195 Å². The van der Waals surface area contributed by atoms with E-state index in [0.717, 1.165) is 10.5 Å². The quantitative estimate of drug-likeness (QED) is 0.503. The lowest BCUT2D eigenvalue weighted by molar-refractivity contribution is -0.143. The number of piperidine rings is 1. The van der Waals surface area contributed by atoms with E-state index in [4.69, 9.17) is 11.6 Å². The van der Waals surface area contributed by atoms with Crippen molar-refractivity contribution in [2.24, 2.45) is 0 Å². The molecule has 0 spiro atoms. The van der Waals surface area contributed by atoms with Crippen molar-refractivity contribution in [3.8, 4) is 0 Å². The number of aryl methyl sites for hydroxylation is 1. The first-order valence-corrected chi connectivity index (χ1v) is 10.4. The molecule has 1 heterocycles. The molecule has 1 fully saturated rings. The number of halogens is 7. The highest BCUT2D eigenvalue weighted by Gasteiger charge is 2.38. The van der Waals surface area contributed by atoms with Gasteiger partial charge in [0.15, 0.2) is 0 Å². The number of nitrogens with zero attached hydrogens (tertiary/aromatic N) is 1. The van der Waals surface area contributed by atoms with Gasteiger partial charge in [-0.25, -0.2) is 4.79 Å². The van der Waals surface area contributed by atoms with Crippen LogP contribution >= 0.6 is 11.6 Å². The fourth-order valence-corrected chi connectivity index (χ4v) is 4.00. The molecule has 0 saturated carbocycles. The summed E-state index contributed by atoms with van der Waals surface area (Å²) in [6.45, 7) is 1.73. The van der Waals surface area contributed by atoms with E-state index in [1.165, 1.54) is 0 Å². The normalized spacial score (nSPS) is 19.1. The first kappa shape index (κ1) is 25.7. The van der Waals surface area contributed by atoms with Crippen molar-refractivity contribution < 1.29 is 41.0 Å². The van der Waals surface area contributed by atoms with Gasteiger partial charge in [0.2, 0.25) is 0 Å². The Hall–Kier alpha value is -2.95. The van der Waals surface area contributed by atoms with E-state index in [-0.39, 0.29) is 25.6 Å². The largest absolute Gasteiger partial charge is 0.465 e. The number of carbonyl (C=O) groups is 2. The number of alkyl halides is 6. The molecule has 1 aliphatic heterocycles. The molecular formula is C22H19ClF6N2O3. The molecule has 2 aromatic carbocycles. The van der Waals surface area contributed by atoms with Crippen molar-refractivity contribution in [1.29, 1.82) is 0 Å². The molecule has 34 heavy (non-hydrogen) atoms. The van der Waals surface area contributed by atoms with Crippen LogP contribution in [0.15, 0.2) is 36.4 Å². The van der Waals surface area contributed by atoms with Gasteiger partial charge in [-0.2, -0.15) is 26.3 Å². The zero-order chi connectivity index (χ0) is 25.4. The Morgan fingerprint density at radius 1 is 1.03 bits per heavy atom. The van der Waals surface area contributed by atoms with Crippen LogP contribution in [-0.4, -0.2) is 41.1 Å². The van der Waals surface area contributed by atoms with E-state index >= 15 is 0 Å². The first-order valence-electron chi connectivity index (χ1n) is 10.0. The summed E-state index contributed by atoms with van der Waals surface area (Å²) in [5.74, 6) is -1.76. The Morgan fingerprint density at radius 2 is 1.62 bits per heavy atom. The van der Waals surface area contributed by atoms with Crippen LogP contribution in [0.1, 0.15) is 45.0 Å². The van der Waals surface area contributed by atoms with Gasteiger partial charge in [-0.1, -0.05) is 23.7 Å². The van der Waals surface area contributed by atoms with Crippen LogP contribution in [0.2, 0.25) is 5.02 Å². The van der Waals surface area contributed by atoms with Gasteiger partial charge in [-0.15, -0.1) is 0 Å². The van der Waals surface area contributed by atoms with Gasteiger partial charge in [0, 0.05) is 35.6 Å². The number of hydrogen-bond acceptors (Lipinski definition) is 2. The molecule has 12 heteroatoms. The third kappa shape index (κ3) is 5.75. The predicted octanol–water partition coefficient (Wildman–Crippen LogP) is 5.95. The number of likely N-dealkylation sites (tertiary alicyclic amines) is 1. The third-order valence-electron chi connectivity index (χ3n) is 5.67. The van der Waals surface area contributed by atoms with Crippen LogP contribution in [0, 0.1) is 6.92 Å². The first-order chi connectivity index (χ1) is 15.7. The molecule has 2 aromatic rings. The molecule has 2 amide bonds. The van der Waals surface area contributed by atoms with Crippen LogP contribution in [0.3, 0.4) is 0 Å². The average molecular weight is 509 g/mol. The summed E-state index contributed by atoms with van der Waals surface area (Å²) in [5.41, 5.74) is -2.68. The van der Waals surface area contributed by atoms with E-state index < -0.39 is 53.0 Å². The molecule has 3 rings (SSSR count). The molecule has 0 radical (unpaired) electrons. The lowest BCUT2D eigenvalue weighted by Crippen LogP contribution is -2.51. The van der Waals surface area contributed by atoms with Gasteiger partial charge in [-0.3, -0.25) is 4.79 Å². The van der Waals surface area contributed by atoms with E-state index in [0.29, 0.717) is 22.7 Å². The fourth-order valence-electron chi connectivity index (χ4n) is 3.81. The molecule has 2 atom stereocenters. The van der Waals surface area contributed by atoms with Crippen LogP contribution < -0.4 is 5.32 Å². The highest BCUT2D eigenvalue weighted by Crippen LogP contribution is 2.37. The van der Waals surface area contributed by atoms with Crippen LogP contribution in [-0.2, 0) is 12.4 Å². The molecule has 5 nitrogen and oxygen atoms in total. The van der Waals surface area contributed by atoms with Crippen molar-refractivity contribution in [3.63, 3.8) is 0 Å². The van der Waals surface area contributed by atoms with Crippen molar-refractivity contribution in [2.45, 2.75) is 37.7 Å².